The summed E-state index contributed by atoms with van der Waals surface area (Å²) in [6, 6.07) is 12.2. The van der Waals surface area contributed by atoms with Crippen molar-refractivity contribution in [2.24, 2.45) is 4.99 Å². The third-order valence-corrected chi connectivity index (χ3v) is 3.58. The minimum Gasteiger partial charge on any atom is -0.352 e. The molecule has 1 aromatic carbocycles. The summed E-state index contributed by atoms with van der Waals surface area (Å²) in [6.45, 7) is 1.08. The Morgan fingerprint density at radius 2 is 1.88 bits per heavy atom. The number of nitrogens with one attached hydrogen (secondary N) is 2. The van der Waals surface area contributed by atoms with Gasteiger partial charge in [-0.3, -0.25) is 4.99 Å². The van der Waals surface area contributed by atoms with Gasteiger partial charge in [0.15, 0.2) is 11.8 Å². The van der Waals surface area contributed by atoms with E-state index in [0.29, 0.717) is 19.0 Å². The van der Waals surface area contributed by atoms with Gasteiger partial charge in [-0.05, 0) is 41.5 Å². The second kappa shape index (κ2) is 8.05. The molecule has 2 aromatic heterocycles. The van der Waals surface area contributed by atoms with Gasteiger partial charge >= 0.3 is 0 Å². The van der Waals surface area contributed by atoms with Crippen LogP contribution in [0, 0.1) is 5.82 Å². The quantitative estimate of drug-likeness (QED) is 0.553. The standard InChI is InChI=1S/C18H19FN6/c1-20-18(22-12-14-4-2-5-16(19)10-14)23-13-15-6-8-21-17(11-15)25-9-3-7-24-25/h2-11H,12-13H2,1H3,(H2,20,22,23). The zero-order valence-electron chi connectivity index (χ0n) is 13.9. The molecule has 0 amide bonds. The van der Waals surface area contributed by atoms with Crippen molar-refractivity contribution in [1.29, 1.82) is 0 Å². The maximum atomic E-state index is 13.2. The number of aliphatic imine (C=N–C) groups is 1. The molecule has 0 unspecified atom stereocenters. The Balaban J connectivity index is 1.57. The van der Waals surface area contributed by atoms with Crippen LogP contribution >= 0.6 is 0 Å². The van der Waals surface area contributed by atoms with Crippen LogP contribution in [0.25, 0.3) is 5.82 Å². The van der Waals surface area contributed by atoms with E-state index >= 15 is 0 Å². The summed E-state index contributed by atoms with van der Waals surface area (Å²) in [5.74, 6) is 1.15. The summed E-state index contributed by atoms with van der Waals surface area (Å²) >= 11 is 0. The highest BCUT2D eigenvalue weighted by molar-refractivity contribution is 5.79. The van der Waals surface area contributed by atoms with E-state index in [9.17, 15) is 4.39 Å². The molecule has 0 aliphatic carbocycles. The van der Waals surface area contributed by atoms with Gasteiger partial charge in [0.25, 0.3) is 0 Å². The van der Waals surface area contributed by atoms with E-state index < -0.39 is 0 Å². The lowest BCUT2D eigenvalue weighted by atomic mass is 10.2. The highest BCUT2D eigenvalue weighted by Crippen LogP contribution is 2.06. The van der Waals surface area contributed by atoms with E-state index in [1.807, 2.05) is 30.5 Å². The van der Waals surface area contributed by atoms with E-state index in [0.717, 1.165) is 16.9 Å². The average molecular weight is 338 g/mol. The van der Waals surface area contributed by atoms with Gasteiger partial charge in [-0.1, -0.05) is 12.1 Å². The van der Waals surface area contributed by atoms with Crippen LogP contribution in [0.1, 0.15) is 11.1 Å². The molecule has 0 spiro atoms. The Bertz CT molecular complexity index is 844. The van der Waals surface area contributed by atoms with Crippen LogP contribution in [-0.2, 0) is 13.1 Å². The number of aromatic nitrogens is 3. The van der Waals surface area contributed by atoms with E-state index in [1.165, 1.54) is 12.1 Å². The number of pyridine rings is 1. The molecule has 6 nitrogen and oxygen atoms in total. The van der Waals surface area contributed by atoms with Crippen molar-refractivity contribution in [2.45, 2.75) is 13.1 Å². The number of guanidine groups is 1. The lowest BCUT2D eigenvalue weighted by Gasteiger charge is -2.12. The summed E-state index contributed by atoms with van der Waals surface area (Å²) in [7, 11) is 1.70. The number of benzene rings is 1. The summed E-state index contributed by atoms with van der Waals surface area (Å²) in [4.78, 5) is 8.49. The smallest absolute Gasteiger partial charge is 0.191 e. The molecule has 2 N–H and O–H groups in total. The SMILES string of the molecule is CN=C(NCc1cccc(F)c1)NCc1ccnc(-n2cccn2)c1. The molecule has 0 saturated heterocycles. The molecule has 0 atom stereocenters. The summed E-state index contributed by atoms with van der Waals surface area (Å²) in [6.07, 6.45) is 5.31. The Morgan fingerprint density at radius 1 is 1.08 bits per heavy atom. The molecule has 3 aromatic rings. The fraction of sp³-hybridized carbons (Fsp3) is 0.167. The van der Waals surface area contributed by atoms with Gasteiger partial charge in [0.05, 0.1) is 0 Å². The minimum absolute atomic E-state index is 0.245. The Kier molecular flexibility index (Phi) is 5.36. The maximum absolute atomic E-state index is 13.2. The molecule has 25 heavy (non-hydrogen) atoms. The van der Waals surface area contributed by atoms with Gasteiger partial charge < -0.3 is 10.6 Å². The van der Waals surface area contributed by atoms with Crippen LogP contribution in [0.3, 0.4) is 0 Å². The number of halogens is 1. The fourth-order valence-electron chi connectivity index (χ4n) is 2.34. The van der Waals surface area contributed by atoms with Crippen molar-refractivity contribution in [1.82, 2.24) is 25.4 Å². The van der Waals surface area contributed by atoms with Crippen molar-refractivity contribution in [3.8, 4) is 5.82 Å². The van der Waals surface area contributed by atoms with Crippen molar-refractivity contribution >= 4 is 5.96 Å². The minimum atomic E-state index is -0.245. The molecule has 128 valence electrons. The summed E-state index contributed by atoms with van der Waals surface area (Å²) < 4.78 is 14.9. The number of nitrogens with zero attached hydrogens (tertiary/aromatic N) is 4. The fourth-order valence-corrected chi connectivity index (χ4v) is 2.34. The van der Waals surface area contributed by atoms with Crippen molar-refractivity contribution in [3.63, 3.8) is 0 Å². The molecule has 0 aliphatic rings. The van der Waals surface area contributed by atoms with Crippen molar-refractivity contribution < 1.29 is 4.39 Å². The van der Waals surface area contributed by atoms with E-state index in [1.54, 1.807) is 30.2 Å². The van der Waals surface area contributed by atoms with E-state index in [4.69, 9.17) is 0 Å². The molecule has 0 radical (unpaired) electrons. The van der Waals surface area contributed by atoms with Gasteiger partial charge in [0.2, 0.25) is 0 Å². The Morgan fingerprint density at radius 3 is 2.56 bits per heavy atom. The molecule has 0 aliphatic heterocycles. The van der Waals surface area contributed by atoms with Crippen LogP contribution in [0.2, 0.25) is 0 Å². The first-order chi connectivity index (χ1) is 12.2. The normalized spacial score (nSPS) is 11.4. The highest BCUT2D eigenvalue weighted by Gasteiger charge is 2.03. The van der Waals surface area contributed by atoms with Crippen LogP contribution in [0.5, 0.6) is 0 Å². The van der Waals surface area contributed by atoms with Gasteiger partial charge in [0.1, 0.15) is 5.82 Å². The maximum Gasteiger partial charge on any atom is 0.191 e. The van der Waals surface area contributed by atoms with Gasteiger partial charge in [-0.2, -0.15) is 5.10 Å². The van der Waals surface area contributed by atoms with E-state index in [-0.39, 0.29) is 5.82 Å². The van der Waals surface area contributed by atoms with Crippen LogP contribution in [-0.4, -0.2) is 27.8 Å². The van der Waals surface area contributed by atoms with Crippen LogP contribution in [0.15, 0.2) is 66.0 Å². The van der Waals surface area contributed by atoms with Gasteiger partial charge in [-0.15, -0.1) is 0 Å². The van der Waals surface area contributed by atoms with Crippen LogP contribution < -0.4 is 10.6 Å². The largest absolute Gasteiger partial charge is 0.352 e. The first-order valence-corrected chi connectivity index (χ1v) is 7.88. The Labute approximate surface area is 145 Å². The molecule has 0 saturated carbocycles. The van der Waals surface area contributed by atoms with Crippen LogP contribution in [0.4, 0.5) is 4.39 Å². The van der Waals surface area contributed by atoms with Crippen molar-refractivity contribution in [2.75, 3.05) is 7.05 Å². The second-order valence-corrected chi connectivity index (χ2v) is 5.38. The molecule has 0 bridgehead atoms. The van der Waals surface area contributed by atoms with Gasteiger partial charge in [-0.25, -0.2) is 14.1 Å². The first kappa shape index (κ1) is 16.6. The molecule has 0 fully saturated rings. The molecule has 3 rings (SSSR count). The number of hydrogen-bond acceptors (Lipinski definition) is 3. The number of rotatable bonds is 5. The molecule has 7 heteroatoms. The van der Waals surface area contributed by atoms with Crippen molar-refractivity contribution in [3.05, 3.63) is 78.0 Å². The zero-order valence-corrected chi connectivity index (χ0v) is 13.9. The Hall–Kier alpha value is -3.22. The third-order valence-electron chi connectivity index (χ3n) is 3.58. The predicted molar refractivity (Wildman–Crippen MR) is 94.8 cm³/mol. The monoisotopic (exact) mass is 338 g/mol. The molecule has 2 heterocycles. The second-order valence-electron chi connectivity index (χ2n) is 5.38. The highest BCUT2D eigenvalue weighted by atomic mass is 19.1. The summed E-state index contributed by atoms with van der Waals surface area (Å²) in [5.41, 5.74) is 1.90. The summed E-state index contributed by atoms with van der Waals surface area (Å²) in [5, 5.41) is 10.6. The lowest BCUT2D eigenvalue weighted by molar-refractivity contribution is 0.624. The average Bonchev–Trinajstić information content (AvgIpc) is 3.17. The molecular weight excluding hydrogens is 319 g/mol. The predicted octanol–water partition coefficient (Wildman–Crippen LogP) is 2.27. The van der Waals surface area contributed by atoms with E-state index in [2.05, 4.69) is 25.7 Å². The third kappa shape index (κ3) is 4.63. The molecular formula is C18H19FN6. The number of hydrogen-bond donors (Lipinski definition) is 2. The lowest BCUT2D eigenvalue weighted by Crippen LogP contribution is -2.36. The first-order valence-electron chi connectivity index (χ1n) is 7.88. The topological polar surface area (TPSA) is 67.1 Å². The van der Waals surface area contributed by atoms with Gasteiger partial charge in [0, 0.05) is 38.7 Å². The zero-order chi connectivity index (χ0) is 17.5.